The third-order valence-corrected chi connectivity index (χ3v) is 1.61. The van der Waals surface area contributed by atoms with E-state index in [0.717, 1.165) is 23.3 Å². The van der Waals surface area contributed by atoms with Crippen LogP contribution in [-0.2, 0) is 23.1 Å². The van der Waals surface area contributed by atoms with Crippen molar-refractivity contribution >= 4 is 5.91 Å². The van der Waals surface area contributed by atoms with Gasteiger partial charge in [-0.05, 0) is 0 Å². The van der Waals surface area contributed by atoms with Crippen molar-refractivity contribution in [3.8, 4) is 0 Å². The van der Waals surface area contributed by atoms with Crippen LogP contribution in [0, 0.1) is 0 Å². The van der Waals surface area contributed by atoms with E-state index in [9.17, 15) is 4.79 Å². The zero-order chi connectivity index (χ0) is 5.86. The van der Waals surface area contributed by atoms with Gasteiger partial charge in [-0.25, -0.2) is 0 Å². The molecule has 0 atom stereocenters. The normalized spacial score (nSPS) is 8.57. The third kappa shape index (κ3) is 2.75. The van der Waals surface area contributed by atoms with Crippen molar-refractivity contribution in [2.45, 2.75) is 5.02 Å². The van der Waals surface area contributed by atoms with Crippen LogP contribution in [0.4, 0.5) is 0 Å². The summed E-state index contributed by atoms with van der Waals surface area (Å²) < 4.78 is 0. The molecule has 0 aromatic rings. The van der Waals surface area contributed by atoms with Gasteiger partial charge in [0.15, 0.2) is 0 Å². The van der Waals surface area contributed by atoms with Crippen LogP contribution in [0.1, 0.15) is 0 Å². The van der Waals surface area contributed by atoms with Crippen LogP contribution in [0.15, 0.2) is 0 Å². The molecule has 0 fully saturated rings. The number of nitrogens with zero attached hydrogens (tertiary/aromatic N) is 1. The van der Waals surface area contributed by atoms with Crippen molar-refractivity contribution in [2.75, 3.05) is 14.1 Å². The van der Waals surface area contributed by atoms with E-state index < -0.39 is 0 Å². The van der Waals surface area contributed by atoms with Gasteiger partial charge in [0.05, 0.1) is 0 Å². The maximum atomic E-state index is 10.5. The van der Waals surface area contributed by atoms with Gasteiger partial charge >= 0.3 is 53.0 Å². The topological polar surface area (TPSA) is 20.3 Å². The first-order valence-corrected chi connectivity index (χ1v) is 4.27. The van der Waals surface area contributed by atoms with Crippen LogP contribution in [0.2, 0.25) is 5.02 Å². The Kier molecular flexibility index (Phi) is 3.18. The molecule has 2 nitrogen and oxygen atoms in total. The average Bonchev–Trinajstić information content (AvgIpc) is 1.65. The molecule has 0 bridgehead atoms. The predicted molar refractivity (Wildman–Crippen MR) is 23.5 cm³/mol. The van der Waals surface area contributed by atoms with E-state index >= 15 is 0 Å². The van der Waals surface area contributed by atoms with Gasteiger partial charge in [-0.15, -0.1) is 0 Å². The van der Waals surface area contributed by atoms with E-state index in [0.29, 0.717) is 0 Å². The van der Waals surface area contributed by atoms with Crippen molar-refractivity contribution in [3.63, 3.8) is 0 Å². The first kappa shape index (κ1) is 7.09. The number of carbonyl (C=O) groups excluding carboxylic acids is 1. The summed E-state index contributed by atoms with van der Waals surface area (Å²) in [5.41, 5.74) is 0. The second kappa shape index (κ2) is 3.14. The summed E-state index contributed by atoms with van der Waals surface area (Å²) in [6.07, 6.45) is 0. The van der Waals surface area contributed by atoms with E-state index in [4.69, 9.17) is 0 Å². The van der Waals surface area contributed by atoms with Gasteiger partial charge in [-0.1, -0.05) is 0 Å². The molecule has 0 aliphatic carbocycles. The minimum absolute atomic E-state index is 0.236. The van der Waals surface area contributed by atoms with Gasteiger partial charge in [0.1, 0.15) is 0 Å². The predicted octanol–water partition coefficient (Wildman–Crippen LogP) is 0.0397. The van der Waals surface area contributed by atoms with Gasteiger partial charge in [0, 0.05) is 0 Å². The van der Waals surface area contributed by atoms with Crippen LogP contribution in [0.5, 0.6) is 0 Å². The van der Waals surface area contributed by atoms with E-state index in [1.165, 1.54) is 0 Å². The molecule has 1 amide bonds. The molecule has 0 saturated carbocycles. The van der Waals surface area contributed by atoms with Crippen LogP contribution in [0.3, 0.4) is 0 Å². The Morgan fingerprint density at radius 3 is 2.14 bits per heavy atom. The van der Waals surface area contributed by atoms with Gasteiger partial charge < -0.3 is 0 Å². The number of hydrogen-bond acceptors (Lipinski definition) is 1. The van der Waals surface area contributed by atoms with Gasteiger partial charge in [-0.3, -0.25) is 0 Å². The summed E-state index contributed by atoms with van der Waals surface area (Å²) in [6.45, 7) is 0. The second-order valence-corrected chi connectivity index (χ2v) is 2.59. The Morgan fingerprint density at radius 1 is 1.71 bits per heavy atom. The Bertz CT molecular complexity index is 72.1. The monoisotopic (exact) mass is 152 g/mol. The molecule has 0 radical (unpaired) electrons. The number of amides is 1. The molecule has 0 heterocycles. The molecule has 0 aliphatic rings. The maximum absolute atomic E-state index is 10.5. The molecular weight excluding hydrogens is 145 g/mol. The number of rotatable bonds is 1. The van der Waals surface area contributed by atoms with Gasteiger partial charge in [0.25, 0.3) is 0 Å². The van der Waals surface area contributed by atoms with Crippen LogP contribution < -0.4 is 0 Å². The van der Waals surface area contributed by atoms with Crippen LogP contribution >= 0.6 is 0 Å². The first-order valence-electron chi connectivity index (χ1n) is 2.18. The molecule has 0 unspecified atom stereocenters. The Labute approximate surface area is 53.6 Å². The summed E-state index contributed by atoms with van der Waals surface area (Å²) >= 11 is 1.07. The van der Waals surface area contributed by atoms with Gasteiger partial charge in [0.2, 0.25) is 0 Å². The number of hydrogen-bond donors (Lipinski definition) is 0. The first-order chi connectivity index (χ1) is 3.18. The molecule has 0 aromatic heterocycles. The quantitative estimate of drug-likeness (QED) is 0.385. The molecule has 0 aliphatic heterocycles. The van der Waals surface area contributed by atoms with Crippen molar-refractivity contribution in [2.24, 2.45) is 0 Å². The van der Waals surface area contributed by atoms with Gasteiger partial charge in [-0.2, -0.15) is 0 Å². The molecule has 0 N–H and O–H groups in total. The van der Waals surface area contributed by atoms with E-state index in [2.05, 4.69) is 0 Å². The zero-order valence-electron chi connectivity index (χ0n) is 4.77. The summed E-state index contributed by atoms with van der Waals surface area (Å²) in [6, 6.07) is 0. The van der Waals surface area contributed by atoms with Crippen molar-refractivity contribution in [1.29, 1.82) is 0 Å². The fourth-order valence-electron chi connectivity index (χ4n) is 0.224. The fraction of sp³-hybridized carbons (Fsp3) is 0.750. The zero-order valence-corrected chi connectivity index (χ0v) is 7.74. The SMILES string of the molecule is [13CH3]N([13CH3])C(=O)[CH2][Zn]. The summed E-state index contributed by atoms with van der Waals surface area (Å²) in [4.78, 5) is 12.1. The van der Waals surface area contributed by atoms with Crippen LogP contribution in [-0.4, -0.2) is 24.9 Å². The Hall–Kier alpha value is 0.0934. The fourth-order valence-corrected chi connectivity index (χ4v) is 1.16. The third-order valence-electron chi connectivity index (χ3n) is 0.713. The molecule has 0 spiro atoms. The molecule has 7 heavy (non-hydrogen) atoms. The average molecular weight is 153 g/mol. The summed E-state index contributed by atoms with van der Waals surface area (Å²) in [5, 5.41) is 0.729. The molecule has 37 valence electrons. The van der Waals surface area contributed by atoms with E-state index in [1.54, 1.807) is 19.0 Å². The summed E-state index contributed by atoms with van der Waals surface area (Å²) in [5.74, 6) is 0.236. The second-order valence-electron chi connectivity index (χ2n) is 1.54. The number of carbonyl (C=O) groups is 1. The standard InChI is InChI=1S/C4H8NO.Zn/c1-4(6)5(2)3;/h1H2,2-3H3;/i2+1,3+1;. The van der Waals surface area contributed by atoms with Crippen molar-refractivity contribution in [3.05, 3.63) is 0 Å². The van der Waals surface area contributed by atoms with Crippen molar-refractivity contribution in [1.82, 2.24) is 4.90 Å². The molecule has 0 aromatic carbocycles. The molecule has 3 heteroatoms. The molecular formula is C4H8NOZn. The van der Waals surface area contributed by atoms with Crippen LogP contribution in [0.25, 0.3) is 0 Å². The van der Waals surface area contributed by atoms with E-state index in [1.807, 2.05) is 0 Å². The molecule has 0 saturated heterocycles. The Morgan fingerprint density at radius 2 is 2.14 bits per heavy atom. The van der Waals surface area contributed by atoms with Crippen molar-refractivity contribution < 1.29 is 23.1 Å². The minimum atomic E-state index is 0.236. The summed E-state index contributed by atoms with van der Waals surface area (Å²) in [7, 11) is 3.55. The Balaban J connectivity index is 3.35. The molecule has 0 rings (SSSR count). The van der Waals surface area contributed by atoms with E-state index in [-0.39, 0.29) is 5.91 Å².